The Morgan fingerprint density at radius 3 is 2.75 bits per heavy atom. The summed E-state index contributed by atoms with van der Waals surface area (Å²) in [5.74, 6) is 1.38. The quantitative estimate of drug-likeness (QED) is 0.893. The Morgan fingerprint density at radius 1 is 1.20 bits per heavy atom. The molecular formula is C17H20N2O. The van der Waals surface area contributed by atoms with Crippen molar-refractivity contribution in [2.75, 3.05) is 12.4 Å². The zero-order valence-corrected chi connectivity index (χ0v) is 12.0. The molecule has 3 heteroatoms. The summed E-state index contributed by atoms with van der Waals surface area (Å²) in [4.78, 5) is 4.59. The number of nitrogens with one attached hydrogen (secondary N) is 1. The van der Waals surface area contributed by atoms with Gasteiger partial charge in [0.1, 0.15) is 6.61 Å². The van der Waals surface area contributed by atoms with Crippen molar-refractivity contribution in [2.45, 2.75) is 32.3 Å². The first-order valence-electron chi connectivity index (χ1n) is 7.14. The van der Waals surface area contributed by atoms with E-state index in [9.17, 15) is 0 Å². The zero-order chi connectivity index (χ0) is 13.9. The van der Waals surface area contributed by atoms with E-state index in [0.717, 1.165) is 11.6 Å². The van der Waals surface area contributed by atoms with Crippen LogP contribution in [0.15, 0.2) is 36.4 Å². The molecule has 20 heavy (non-hydrogen) atoms. The van der Waals surface area contributed by atoms with Crippen molar-refractivity contribution >= 4 is 5.69 Å². The van der Waals surface area contributed by atoms with Crippen LogP contribution < -0.4 is 10.1 Å². The summed E-state index contributed by atoms with van der Waals surface area (Å²) in [6, 6.07) is 12.3. The van der Waals surface area contributed by atoms with Crippen LogP contribution in [0.2, 0.25) is 0 Å². The lowest BCUT2D eigenvalue weighted by Crippen LogP contribution is -2.04. The van der Waals surface area contributed by atoms with Gasteiger partial charge < -0.3 is 10.1 Å². The second-order valence-electron chi connectivity index (χ2n) is 5.31. The van der Waals surface area contributed by atoms with E-state index in [4.69, 9.17) is 4.74 Å². The maximum Gasteiger partial charge on any atom is 0.213 e. The van der Waals surface area contributed by atoms with Crippen LogP contribution in [0.5, 0.6) is 5.88 Å². The number of nitrogens with zero attached hydrogens (tertiary/aromatic N) is 1. The van der Waals surface area contributed by atoms with Gasteiger partial charge in [-0.2, -0.15) is 0 Å². The van der Waals surface area contributed by atoms with Gasteiger partial charge in [-0.25, -0.2) is 4.98 Å². The molecule has 3 rings (SSSR count). The van der Waals surface area contributed by atoms with Crippen molar-refractivity contribution in [1.29, 1.82) is 0 Å². The molecule has 1 aromatic heterocycles. The van der Waals surface area contributed by atoms with Crippen LogP contribution in [0.1, 0.15) is 35.6 Å². The van der Waals surface area contributed by atoms with Gasteiger partial charge in [0, 0.05) is 36.0 Å². The number of pyridine rings is 1. The molecule has 0 unspecified atom stereocenters. The fraction of sp³-hybridized carbons (Fsp3) is 0.353. The number of hydrogen-bond acceptors (Lipinski definition) is 3. The Labute approximate surface area is 120 Å². The molecule has 0 aliphatic heterocycles. The van der Waals surface area contributed by atoms with E-state index < -0.39 is 0 Å². The Kier molecular flexibility index (Phi) is 3.59. The monoisotopic (exact) mass is 268 g/mol. The van der Waals surface area contributed by atoms with Gasteiger partial charge in [-0.15, -0.1) is 0 Å². The number of rotatable bonds is 5. The number of ether oxygens (including phenoxy) is 1. The van der Waals surface area contributed by atoms with Gasteiger partial charge in [-0.1, -0.05) is 18.2 Å². The third-order valence-electron chi connectivity index (χ3n) is 3.78. The molecule has 0 radical (unpaired) electrons. The molecule has 0 atom stereocenters. The predicted octanol–water partition coefficient (Wildman–Crippen LogP) is 3.89. The molecular weight excluding hydrogens is 248 g/mol. The summed E-state index contributed by atoms with van der Waals surface area (Å²) >= 11 is 0. The van der Waals surface area contributed by atoms with Crippen molar-refractivity contribution in [1.82, 2.24) is 4.98 Å². The summed E-state index contributed by atoms with van der Waals surface area (Å²) in [6.07, 6.45) is 2.52. The normalized spacial score (nSPS) is 14.1. The maximum atomic E-state index is 5.88. The van der Waals surface area contributed by atoms with Gasteiger partial charge in [0.15, 0.2) is 0 Å². The highest BCUT2D eigenvalue weighted by Crippen LogP contribution is 2.39. The van der Waals surface area contributed by atoms with Gasteiger partial charge in [-0.05, 0) is 37.5 Å². The fourth-order valence-corrected chi connectivity index (χ4v) is 2.39. The second-order valence-corrected chi connectivity index (χ2v) is 5.31. The third kappa shape index (κ3) is 2.77. The lowest BCUT2D eigenvalue weighted by atomic mass is 10.1. The molecule has 1 saturated carbocycles. The molecule has 0 bridgehead atoms. The minimum atomic E-state index is 0.546. The van der Waals surface area contributed by atoms with Crippen molar-refractivity contribution < 1.29 is 4.74 Å². The molecule has 1 fully saturated rings. The molecule has 1 aliphatic rings. The molecule has 3 nitrogen and oxygen atoms in total. The highest BCUT2D eigenvalue weighted by Gasteiger charge is 2.25. The number of anilines is 1. The fourth-order valence-electron chi connectivity index (χ4n) is 2.39. The molecule has 1 heterocycles. The van der Waals surface area contributed by atoms with Crippen LogP contribution in [0.3, 0.4) is 0 Å². The molecule has 1 N–H and O–H groups in total. The van der Waals surface area contributed by atoms with E-state index in [0.29, 0.717) is 12.5 Å². The predicted molar refractivity (Wildman–Crippen MR) is 81.3 cm³/mol. The minimum absolute atomic E-state index is 0.546. The second kappa shape index (κ2) is 5.53. The van der Waals surface area contributed by atoms with Crippen LogP contribution >= 0.6 is 0 Å². The number of hydrogen-bond donors (Lipinski definition) is 1. The van der Waals surface area contributed by atoms with Crippen LogP contribution in [0.4, 0.5) is 5.69 Å². The van der Waals surface area contributed by atoms with Crippen molar-refractivity contribution in [2.24, 2.45) is 0 Å². The van der Waals surface area contributed by atoms with Crippen molar-refractivity contribution in [3.05, 3.63) is 53.2 Å². The lowest BCUT2D eigenvalue weighted by molar-refractivity contribution is 0.293. The Bertz CT molecular complexity index is 606. The van der Waals surface area contributed by atoms with Gasteiger partial charge in [-0.3, -0.25) is 0 Å². The van der Waals surface area contributed by atoms with Crippen LogP contribution in [-0.4, -0.2) is 12.0 Å². The molecule has 0 saturated heterocycles. The molecule has 0 spiro atoms. The van der Waals surface area contributed by atoms with Crippen molar-refractivity contribution in [3.63, 3.8) is 0 Å². The zero-order valence-electron chi connectivity index (χ0n) is 12.0. The minimum Gasteiger partial charge on any atom is -0.473 e. The highest BCUT2D eigenvalue weighted by molar-refractivity contribution is 5.53. The first-order valence-corrected chi connectivity index (χ1v) is 7.14. The largest absolute Gasteiger partial charge is 0.473 e. The molecule has 1 aliphatic carbocycles. The summed E-state index contributed by atoms with van der Waals surface area (Å²) < 4.78 is 5.88. The summed E-state index contributed by atoms with van der Waals surface area (Å²) in [5, 5.41) is 3.21. The SMILES string of the molecule is CNc1cccc(C)c1COc1cccc(C2CC2)n1. The van der Waals surface area contributed by atoms with Crippen LogP contribution in [0, 0.1) is 6.92 Å². The topological polar surface area (TPSA) is 34.1 Å². The average Bonchev–Trinajstić information content (AvgIpc) is 3.30. The first-order chi connectivity index (χ1) is 9.78. The summed E-state index contributed by atoms with van der Waals surface area (Å²) in [6.45, 7) is 2.65. The molecule has 1 aromatic carbocycles. The smallest absolute Gasteiger partial charge is 0.213 e. The molecule has 104 valence electrons. The lowest BCUT2D eigenvalue weighted by Gasteiger charge is -2.13. The van der Waals surface area contributed by atoms with Gasteiger partial charge in [0.25, 0.3) is 0 Å². The Hall–Kier alpha value is -2.03. The van der Waals surface area contributed by atoms with E-state index in [1.54, 1.807) is 0 Å². The van der Waals surface area contributed by atoms with Gasteiger partial charge >= 0.3 is 0 Å². The van der Waals surface area contributed by atoms with E-state index in [1.807, 2.05) is 19.2 Å². The van der Waals surface area contributed by atoms with E-state index in [1.165, 1.54) is 29.7 Å². The standard InChI is InChI=1S/C17H20N2O/c1-12-5-3-7-16(18-2)14(12)11-20-17-8-4-6-15(19-17)13-9-10-13/h3-8,13,18H,9-11H2,1-2H3. The summed E-state index contributed by atoms with van der Waals surface area (Å²) in [5.41, 5.74) is 4.70. The number of benzene rings is 1. The van der Waals surface area contributed by atoms with E-state index in [2.05, 4.69) is 41.5 Å². The van der Waals surface area contributed by atoms with Crippen molar-refractivity contribution in [3.8, 4) is 5.88 Å². The van der Waals surface area contributed by atoms with Gasteiger partial charge in [0.2, 0.25) is 5.88 Å². The molecule has 0 amide bonds. The Balaban J connectivity index is 1.74. The maximum absolute atomic E-state index is 5.88. The Morgan fingerprint density at radius 2 is 2.00 bits per heavy atom. The third-order valence-corrected chi connectivity index (χ3v) is 3.78. The van der Waals surface area contributed by atoms with Crippen LogP contribution in [-0.2, 0) is 6.61 Å². The first kappa shape index (κ1) is 13.0. The van der Waals surface area contributed by atoms with Crippen LogP contribution in [0.25, 0.3) is 0 Å². The van der Waals surface area contributed by atoms with E-state index >= 15 is 0 Å². The average molecular weight is 268 g/mol. The number of aryl methyl sites for hydroxylation is 1. The van der Waals surface area contributed by atoms with Gasteiger partial charge in [0.05, 0.1) is 0 Å². The molecule has 2 aromatic rings. The summed E-state index contributed by atoms with van der Waals surface area (Å²) in [7, 11) is 1.93. The highest BCUT2D eigenvalue weighted by atomic mass is 16.5. The van der Waals surface area contributed by atoms with E-state index in [-0.39, 0.29) is 0 Å². The number of aromatic nitrogens is 1.